The van der Waals surface area contributed by atoms with Gasteiger partial charge >= 0.3 is 0 Å². The van der Waals surface area contributed by atoms with E-state index in [9.17, 15) is 9.59 Å². The molecule has 0 fully saturated rings. The van der Waals surface area contributed by atoms with Crippen LogP contribution in [0.2, 0.25) is 0 Å². The second-order valence-electron chi connectivity index (χ2n) is 4.37. The highest BCUT2D eigenvalue weighted by molar-refractivity contribution is 5.97. The van der Waals surface area contributed by atoms with E-state index in [0.717, 1.165) is 17.8 Å². The minimum atomic E-state index is -0.550. The number of likely N-dealkylation sites (N-methyl/N-ethyl adjacent to an activating group) is 1. The molecule has 0 aliphatic rings. The topological polar surface area (TPSA) is 70.2 Å². The van der Waals surface area contributed by atoms with E-state index in [1.807, 2.05) is 26.0 Å². The first-order valence-electron chi connectivity index (χ1n) is 6.36. The van der Waals surface area contributed by atoms with Gasteiger partial charge in [0.15, 0.2) is 0 Å². The van der Waals surface area contributed by atoms with E-state index in [1.165, 1.54) is 0 Å². The van der Waals surface area contributed by atoms with Crippen LogP contribution in [0.3, 0.4) is 0 Å². The van der Waals surface area contributed by atoms with Crippen LogP contribution in [0.4, 0.5) is 5.69 Å². The summed E-state index contributed by atoms with van der Waals surface area (Å²) in [5.74, 6) is -0.461. The average Bonchev–Trinajstić information content (AvgIpc) is 2.40. The Morgan fingerprint density at radius 1 is 1.32 bits per heavy atom. The number of anilines is 1. The monoisotopic (exact) mass is 263 g/mol. The standard InChI is InChI=1S/C14H21N3O2/c1-5-16-12-7-6-11(8-9(12)2)14(19)17-10(3)13(18)15-4/h6-8,10,16H,5H2,1-4H3,(H,15,18)(H,17,19). The predicted molar refractivity (Wildman–Crippen MR) is 76.3 cm³/mol. The van der Waals surface area contributed by atoms with Crippen molar-refractivity contribution < 1.29 is 9.59 Å². The molecule has 3 N–H and O–H groups in total. The lowest BCUT2D eigenvalue weighted by molar-refractivity contribution is -0.122. The maximum absolute atomic E-state index is 12.0. The first-order chi connectivity index (χ1) is 8.99. The molecule has 5 heteroatoms. The van der Waals surface area contributed by atoms with Gasteiger partial charge in [0, 0.05) is 24.8 Å². The Hall–Kier alpha value is -2.04. The highest BCUT2D eigenvalue weighted by Crippen LogP contribution is 2.16. The van der Waals surface area contributed by atoms with Gasteiger partial charge in [0.25, 0.3) is 5.91 Å². The van der Waals surface area contributed by atoms with Crippen molar-refractivity contribution >= 4 is 17.5 Å². The number of hydrogen-bond acceptors (Lipinski definition) is 3. The zero-order valence-corrected chi connectivity index (χ0v) is 11.8. The fraction of sp³-hybridized carbons (Fsp3) is 0.429. The highest BCUT2D eigenvalue weighted by Gasteiger charge is 2.15. The summed E-state index contributed by atoms with van der Waals surface area (Å²) in [5, 5.41) is 8.36. The molecule has 0 heterocycles. The second-order valence-corrected chi connectivity index (χ2v) is 4.37. The van der Waals surface area contributed by atoms with Gasteiger partial charge in [0.05, 0.1) is 0 Å². The average molecular weight is 263 g/mol. The minimum Gasteiger partial charge on any atom is -0.385 e. The molecule has 0 aromatic heterocycles. The molecule has 0 spiro atoms. The van der Waals surface area contributed by atoms with Gasteiger partial charge < -0.3 is 16.0 Å². The second kappa shape index (κ2) is 6.78. The van der Waals surface area contributed by atoms with Crippen LogP contribution >= 0.6 is 0 Å². The Balaban J connectivity index is 2.78. The molecule has 104 valence electrons. The summed E-state index contributed by atoms with van der Waals surface area (Å²) in [6.07, 6.45) is 0. The number of carbonyl (C=O) groups excluding carboxylic acids is 2. The number of rotatable bonds is 5. The smallest absolute Gasteiger partial charge is 0.251 e. The summed E-state index contributed by atoms with van der Waals surface area (Å²) in [5.41, 5.74) is 2.57. The first kappa shape index (κ1) is 15.0. The van der Waals surface area contributed by atoms with Crippen molar-refractivity contribution in [1.82, 2.24) is 10.6 Å². The Morgan fingerprint density at radius 2 is 2.00 bits per heavy atom. The molecule has 0 saturated heterocycles. The molecule has 1 unspecified atom stereocenters. The largest absolute Gasteiger partial charge is 0.385 e. The lowest BCUT2D eigenvalue weighted by atomic mass is 10.1. The van der Waals surface area contributed by atoms with Crippen LogP contribution in [0.25, 0.3) is 0 Å². The van der Waals surface area contributed by atoms with Gasteiger partial charge in [-0.1, -0.05) is 0 Å². The Kier molecular flexibility index (Phi) is 5.36. The molecule has 1 rings (SSSR count). The van der Waals surface area contributed by atoms with E-state index in [2.05, 4.69) is 16.0 Å². The Labute approximate surface area is 113 Å². The number of aryl methyl sites for hydroxylation is 1. The zero-order chi connectivity index (χ0) is 14.4. The van der Waals surface area contributed by atoms with Crippen molar-refractivity contribution in [2.24, 2.45) is 0 Å². The normalized spacial score (nSPS) is 11.6. The Morgan fingerprint density at radius 3 is 2.53 bits per heavy atom. The number of hydrogen-bond donors (Lipinski definition) is 3. The van der Waals surface area contributed by atoms with Crippen LogP contribution in [0, 0.1) is 6.92 Å². The molecule has 0 aliphatic carbocycles. The summed E-state index contributed by atoms with van der Waals surface area (Å²) in [6.45, 7) is 6.44. The van der Waals surface area contributed by atoms with Crippen molar-refractivity contribution in [2.75, 3.05) is 18.9 Å². The van der Waals surface area contributed by atoms with Crippen LogP contribution in [0.15, 0.2) is 18.2 Å². The van der Waals surface area contributed by atoms with Gasteiger partial charge in [0.2, 0.25) is 5.91 Å². The molecule has 19 heavy (non-hydrogen) atoms. The van der Waals surface area contributed by atoms with Crippen LogP contribution < -0.4 is 16.0 Å². The molecule has 1 aromatic carbocycles. The third-order valence-corrected chi connectivity index (χ3v) is 2.84. The van der Waals surface area contributed by atoms with Gasteiger partial charge in [-0.15, -0.1) is 0 Å². The van der Waals surface area contributed by atoms with Gasteiger partial charge in [-0.3, -0.25) is 9.59 Å². The molecule has 5 nitrogen and oxygen atoms in total. The summed E-state index contributed by atoms with van der Waals surface area (Å²) in [7, 11) is 1.54. The van der Waals surface area contributed by atoms with Crippen LogP contribution in [0.5, 0.6) is 0 Å². The van der Waals surface area contributed by atoms with Gasteiger partial charge in [-0.25, -0.2) is 0 Å². The van der Waals surface area contributed by atoms with E-state index in [0.29, 0.717) is 5.56 Å². The van der Waals surface area contributed by atoms with E-state index < -0.39 is 6.04 Å². The molecule has 0 aliphatic heterocycles. The zero-order valence-electron chi connectivity index (χ0n) is 11.8. The summed E-state index contributed by atoms with van der Waals surface area (Å²) in [6, 6.07) is 4.88. The maximum atomic E-state index is 12.0. The Bertz CT molecular complexity index is 472. The van der Waals surface area contributed by atoms with Gasteiger partial charge in [-0.2, -0.15) is 0 Å². The molecular formula is C14H21N3O2. The van der Waals surface area contributed by atoms with Crippen molar-refractivity contribution in [1.29, 1.82) is 0 Å². The summed E-state index contributed by atoms with van der Waals surface area (Å²) >= 11 is 0. The SMILES string of the molecule is CCNc1ccc(C(=O)NC(C)C(=O)NC)cc1C. The lowest BCUT2D eigenvalue weighted by Crippen LogP contribution is -2.43. The van der Waals surface area contributed by atoms with Crippen LogP contribution in [-0.2, 0) is 4.79 Å². The fourth-order valence-corrected chi connectivity index (χ4v) is 1.76. The van der Waals surface area contributed by atoms with E-state index in [1.54, 1.807) is 20.0 Å². The number of nitrogens with one attached hydrogen (secondary N) is 3. The van der Waals surface area contributed by atoms with E-state index >= 15 is 0 Å². The van der Waals surface area contributed by atoms with Crippen molar-refractivity contribution in [2.45, 2.75) is 26.8 Å². The number of amides is 2. The highest BCUT2D eigenvalue weighted by atomic mass is 16.2. The maximum Gasteiger partial charge on any atom is 0.251 e. The predicted octanol–water partition coefficient (Wildman–Crippen LogP) is 1.29. The van der Waals surface area contributed by atoms with Gasteiger partial charge in [-0.05, 0) is 44.5 Å². The van der Waals surface area contributed by atoms with E-state index in [-0.39, 0.29) is 11.8 Å². The summed E-state index contributed by atoms with van der Waals surface area (Å²) in [4.78, 5) is 23.3. The third kappa shape index (κ3) is 3.98. The van der Waals surface area contributed by atoms with Crippen LogP contribution in [0.1, 0.15) is 29.8 Å². The first-order valence-corrected chi connectivity index (χ1v) is 6.36. The minimum absolute atomic E-state index is 0.214. The number of carbonyl (C=O) groups is 2. The van der Waals surface area contributed by atoms with Crippen LogP contribution in [-0.4, -0.2) is 31.4 Å². The van der Waals surface area contributed by atoms with Crippen molar-refractivity contribution in [3.63, 3.8) is 0 Å². The molecule has 2 amide bonds. The molecular weight excluding hydrogens is 242 g/mol. The lowest BCUT2D eigenvalue weighted by Gasteiger charge is -2.13. The summed E-state index contributed by atoms with van der Waals surface area (Å²) < 4.78 is 0. The van der Waals surface area contributed by atoms with Crippen molar-refractivity contribution in [3.8, 4) is 0 Å². The third-order valence-electron chi connectivity index (χ3n) is 2.84. The molecule has 0 bridgehead atoms. The quantitative estimate of drug-likeness (QED) is 0.749. The molecule has 1 aromatic rings. The number of benzene rings is 1. The van der Waals surface area contributed by atoms with E-state index in [4.69, 9.17) is 0 Å². The fourth-order valence-electron chi connectivity index (χ4n) is 1.76. The van der Waals surface area contributed by atoms with Gasteiger partial charge in [0.1, 0.15) is 6.04 Å². The molecule has 1 atom stereocenters. The molecule has 0 radical (unpaired) electrons. The molecule has 0 saturated carbocycles. The van der Waals surface area contributed by atoms with Crippen molar-refractivity contribution in [3.05, 3.63) is 29.3 Å².